The summed E-state index contributed by atoms with van der Waals surface area (Å²) in [6.07, 6.45) is 1.09. The van der Waals surface area contributed by atoms with E-state index in [0.717, 1.165) is 6.26 Å². The fourth-order valence-corrected chi connectivity index (χ4v) is 2.84. The van der Waals surface area contributed by atoms with Crippen LogP contribution in [0.15, 0.2) is 30.3 Å². The molecule has 0 aliphatic rings. The zero-order chi connectivity index (χ0) is 19.4. The lowest BCUT2D eigenvalue weighted by Crippen LogP contribution is -2.27. The Balaban J connectivity index is 1.87. The third-order valence-electron chi connectivity index (χ3n) is 3.60. The fraction of sp³-hybridized carbons (Fsp3) is 0.312. The van der Waals surface area contributed by atoms with Gasteiger partial charge in [0.1, 0.15) is 18.1 Å². The first-order chi connectivity index (χ1) is 12.9. The number of nitrogens with zero attached hydrogens (tertiary/aromatic N) is 4. The Morgan fingerprint density at radius 3 is 2.63 bits per heavy atom. The average Bonchev–Trinajstić information content (AvgIpc) is 3.07. The number of sulfonamides is 1. The van der Waals surface area contributed by atoms with Gasteiger partial charge in [-0.25, -0.2) is 13.1 Å². The molecular formula is C16H19N5O5S. The van der Waals surface area contributed by atoms with Crippen LogP contribution in [0.5, 0.6) is 17.4 Å². The molecule has 11 heteroatoms. The smallest absolute Gasteiger partial charge is 0.231 e. The normalized spacial score (nSPS) is 11.5. The fourth-order valence-electron chi connectivity index (χ4n) is 2.38. The highest BCUT2D eigenvalue weighted by Gasteiger charge is 2.15. The first kappa shape index (κ1) is 18.9. The number of hydrogen-bond donors (Lipinski definition) is 1. The summed E-state index contributed by atoms with van der Waals surface area (Å²) in [7, 11) is -0.132. The highest BCUT2D eigenvalue weighted by Crippen LogP contribution is 2.32. The molecule has 2 heterocycles. The Kier molecular flexibility index (Phi) is 5.42. The molecule has 0 saturated carbocycles. The maximum Gasteiger partial charge on any atom is 0.231 e. The van der Waals surface area contributed by atoms with Crippen LogP contribution in [0.2, 0.25) is 0 Å². The lowest BCUT2D eigenvalue weighted by atomic mass is 10.2. The molecule has 0 atom stereocenters. The van der Waals surface area contributed by atoms with Crippen molar-refractivity contribution in [3.05, 3.63) is 30.3 Å². The van der Waals surface area contributed by atoms with Crippen LogP contribution in [0.1, 0.15) is 0 Å². The molecule has 0 fully saturated rings. The number of hydrogen-bond acceptors (Lipinski definition) is 8. The lowest BCUT2D eigenvalue weighted by molar-refractivity contribution is 0.306. The largest absolute Gasteiger partial charge is 0.497 e. The zero-order valence-electron chi connectivity index (χ0n) is 15.0. The van der Waals surface area contributed by atoms with E-state index >= 15 is 0 Å². The first-order valence-electron chi connectivity index (χ1n) is 7.93. The predicted octanol–water partition coefficient (Wildman–Crippen LogP) is 0.736. The molecule has 1 aromatic carbocycles. The molecule has 0 saturated heterocycles. The zero-order valence-corrected chi connectivity index (χ0v) is 15.9. The van der Waals surface area contributed by atoms with E-state index in [-0.39, 0.29) is 13.2 Å². The second kappa shape index (κ2) is 7.76. The second-order valence-electron chi connectivity index (χ2n) is 5.55. The van der Waals surface area contributed by atoms with Gasteiger partial charge in [-0.2, -0.15) is 4.52 Å². The molecule has 0 unspecified atom stereocenters. The van der Waals surface area contributed by atoms with Gasteiger partial charge < -0.3 is 14.2 Å². The standard InChI is InChI=1S/C16H19N5O5S/c1-24-11-4-5-12(13(10-11)25-2)16-19-18-14-6-7-15(20-21(14)16)26-9-8-17-27(3,22)23/h4-7,10,17H,8-9H2,1-3H3. The van der Waals surface area contributed by atoms with Crippen molar-refractivity contribution in [2.75, 3.05) is 33.6 Å². The van der Waals surface area contributed by atoms with Gasteiger partial charge in [-0.05, 0) is 18.2 Å². The van der Waals surface area contributed by atoms with Crippen LogP contribution < -0.4 is 18.9 Å². The third kappa shape index (κ3) is 4.44. The minimum atomic E-state index is -3.26. The molecule has 0 amide bonds. The van der Waals surface area contributed by atoms with Crippen molar-refractivity contribution in [2.24, 2.45) is 0 Å². The van der Waals surface area contributed by atoms with Gasteiger partial charge in [0.25, 0.3) is 0 Å². The van der Waals surface area contributed by atoms with Crippen molar-refractivity contribution in [1.82, 2.24) is 24.5 Å². The molecule has 144 valence electrons. The Hall–Kier alpha value is -2.92. The molecule has 3 rings (SSSR count). The molecule has 1 N–H and O–H groups in total. The highest BCUT2D eigenvalue weighted by molar-refractivity contribution is 7.88. The molecule has 0 bridgehead atoms. The van der Waals surface area contributed by atoms with Gasteiger partial charge in [0.15, 0.2) is 11.5 Å². The monoisotopic (exact) mass is 393 g/mol. The van der Waals surface area contributed by atoms with E-state index in [0.29, 0.717) is 34.4 Å². The van der Waals surface area contributed by atoms with E-state index in [9.17, 15) is 8.42 Å². The summed E-state index contributed by atoms with van der Waals surface area (Å²) in [4.78, 5) is 0. The van der Waals surface area contributed by atoms with Gasteiger partial charge in [0, 0.05) is 18.7 Å². The summed E-state index contributed by atoms with van der Waals surface area (Å²) in [5.74, 6) is 2.00. The number of benzene rings is 1. The summed E-state index contributed by atoms with van der Waals surface area (Å²) >= 11 is 0. The second-order valence-corrected chi connectivity index (χ2v) is 7.38. The van der Waals surface area contributed by atoms with Gasteiger partial charge in [-0.15, -0.1) is 15.3 Å². The number of aromatic nitrogens is 4. The minimum Gasteiger partial charge on any atom is -0.497 e. The van der Waals surface area contributed by atoms with Crippen LogP contribution in [0.4, 0.5) is 0 Å². The molecule has 27 heavy (non-hydrogen) atoms. The van der Waals surface area contributed by atoms with Gasteiger partial charge in [0.05, 0.1) is 26.0 Å². The number of methoxy groups -OCH3 is 2. The van der Waals surface area contributed by atoms with Crippen LogP contribution in [-0.2, 0) is 10.0 Å². The number of nitrogens with one attached hydrogen (secondary N) is 1. The number of fused-ring (bicyclic) bond motifs is 1. The Morgan fingerprint density at radius 1 is 1.11 bits per heavy atom. The molecule has 0 spiro atoms. The maximum atomic E-state index is 11.1. The number of ether oxygens (including phenoxy) is 3. The lowest BCUT2D eigenvalue weighted by Gasteiger charge is -2.09. The predicted molar refractivity (Wildman–Crippen MR) is 97.7 cm³/mol. The Morgan fingerprint density at radius 2 is 1.93 bits per heavy atom. The van der Waals surface area contributed by atoms with Crippen LogP contribution >= 0.6 is 0 Å². The van der Waals surface area contributed by atoms with E-state index in [1.807, 2.05) is 0 Å². The van der Waals surface area contributed by atoms with E-state index in [2.05, 4.69) is 20.0 Å². The van der Waals surface area contributed by atoms with Gasteiger partial charge >= 0.3 is 0 Å². The first-order valence-corrected chi connectivity index (χ1v) is 9.82. The van der Waals surface area contributed by atoms with Crippen molar-refractivity contribution in [3.63, 3.8) is 0 Å². The van der Waals surface area contributed by atoms with E-state index in [1.165, 1.54) is 4.52 Å². The summed E-state index contributed by atoms with van der Waals surface area (Å²) in [6.45, 7) is 0.273. The molecule has 10 nitrogen and oxygen atoms in total. The summed E-state index contributed by atoms with van der Waals surface area (Å²) in [5, 5.41) is 12.7. The highest BCUT2D eigenvalue weighted by atomic mass is 32.2. The average molecular weight is 393 g/mol. The van der Waals surface area contributed by atoms with Crippen LogP contribution in [0, 0.1) is 0 Å². The summed E-state index contributed by atoms with van der Waals surface area (Å²) in [5.41, 5.74) is 1.22. The van der Waals surface area contributed by atoms with Gasteiger partial charge in [-0.3, -0.25) is 0 Å². The Bertz CT molecular complexity index is 1050. The topological polar surface area (TPSA) is 117 Å². The van der Waals surface area contributed by atoms with Crippen molar-refractivity contribution in [3.8, 4) is 28.8 Å². The van der Waals surface area contributed by atoms with Crippen molar-refractivity contribution in [1.29, 1.82) is 0 Å². The quantitative estimate of drug-likeness (QED) is 0.557. The minimum absolute atomic E-state index is 0.134. The molecular weight excluding hydrogens is 374 g/mol. The van der Waals surface area contributed by atoms with Crippen molar-refractivity contribution < 1.29 is 22.6 Å². The van der Waals surface area contributed by atoms with E-state index < -0.39 is 10.0 Å². The van der Waals surface area contributed by atoms with Gasteiger partial charge in [-0.1, -0.05) is 0 Å². The van der Waals surface area contributed by atoms with E-state index in [4.69, 9.17) is 14.2 Å². The SMILES string of the molecule is COc1ccc(-c2nnc3ccc(OCCNS(C)(=O)=O)nn23)c(OC)c1. The summed E-state index contributed by atoms with van der Waals surface area (Å²) in [6, 6.07) is 8.68. The third-order valence-corrected chi connectivity index (χ3v) is 4.33. The molecule has 2 aromatic heterocycles. The summed E-state index contributed by atoms with van der Waals surface area (Å²) < 4.78 is 42.1. The number of rotatable bonds is 8. The molecule has 0 aliphatic heterocycles. The van der Waals surface area contributed by atoms with Crippen LogP contribution in [0.25, 0.3) is 17.0 Å². The van der Waals surface area contributed by atoms with E-state index in [1.54, 1.807) is 44.6 Å². The van der Waals surface area contributed by atoms with Crippen molar-refractivity contribution in [2.45, 2.75) is 0 Å². The maximum absolute atomic E-state index is 11.1. The molecule has 0 radical (unpaired) electrons. The molecule has 3 aromatic rings. The van der Waals surface area contributed by atoms with Crippen LogP contribution in [0.3, 0.4) is 0 Å². The van der Waals surface area contributed by atoms with Crippen molar-refractivity contribution >= 4 is 15.7 Å². The molecule has 0 aliphatic carbocycles. The van der Waals surface area contributed by atoms with Crippen LogP contribution in [-0.4, -0.2) is 61.9 Å². The van der Waals surface area contributed by atoms with Gasteiger partial charge in [0.2, 0.25) is 15.9 Å². The Labute approximate surface area is 156 Å².